The fraction of sp³-hybridized carbons (Fsp3) is 0.417. The molecule has 1 amide bonds. The molecule has 0 bridgehead atoms. The molecule has 3 N–H and O–H groups in total. The molecule has 0 aromatic heterocycles. The van der Waals surface area contributed by atoms with E-state index in [-0.39, 0.29) is 18.0 Å². The number of hydrogen-bond acceptors (Lipinski definition) is 3. The largest absolute Gasteiger partial charge is 0.293 e. The molecule has 2 atom stereocenters. The first-order chi connectivity index (χ1) is 7.99. The quantitative estimate of drug-likeness (QED) is 0.489. The predicted octanol–water partition coefficient (Wildman–Crippen LogP) is 1.71. The maximum atomic E-state index is 11.5. The molecule has 5 heteroatoms. The number of nitrogens with zero attached hydrogens (tertiary/aromatic N) is 1. The van der Waals surface area contributed by atoms with Gasteiger partial charge in [-0.05, 0) is 32.5 Å². The number of nitrogens with one attached hydrogen (secondary N) is 1. The third-order valence-electron chi connectivity index (χ3n) is 3.10. The molecule has 17 heavy (non-hydrogen) atoms. The highest BCUT2D eigenvalue weighted by Gasteiger charge is 2.23. The minimum atomic E-state index is -0.314. The monoisotopic (exact) mass is 255 g/mol. The first-order valence-corrected chi connectivity index (χ1v) is 5.83. The van der Waals surface area contributed by atoms with E-state index < -0.39 is 0 Å². The van der Waals surface area contributed by atoms with Gasteiger partial charge in [-0.3, -0.25) is 15.1 Å². The Balaban J connectivity index is 2.87. The first-order valence-electron chi connectivity index (χ1n) is 5.45. The summed E-state index contributed by atoms with van der Waals surface area (Å²) in [4.78, 5) is 13.4. The van der Waals surface area contributed by atoms with Gasteiger partial charge in [-0.25, -0.2) is 5.84 Å². The van der Waals surface area contributed by atoms with E-state index >= 15 is 0 Å². The van der Waals surface area contributed by atoms with E-state index in [4.69, 9.17) is 17.4 Å². The highest BCUT2D eigenvalue weighted by Crippen LogP contribution is 2.27. The van der Waals surface area contributed by atoms with E-state index in [0.29, 0.717) is 5.02 Å². The van der Waals surface area contributed by atoms with Crippen molar-refractivity contribution in [2.75, 3.05) is 7.05 Å². The number of likely N-dealkylation sites (N-methyl/N-ethyl adjacent to an activating group) is 1. The van der Waals surface area contributed by atoms with Gasteiger partial charge < -0.3 is 0 Å². The van der Waals surface area contributed by atoms with Crippen molar-refractivity contribution in [2.24, 2.45) is 5.84 Å². The summed E-state index contributed by atoms with van der Waals surface area (Å²) in [7, 11) is 1.87. The smallest absolute Gasteiger partial charge is 0.250 e. The van der Waals surface area contributed by atoms with Crippen molar-refractivity contribution < 1.29 is 4.79 Å². The molecule has 0 aliphatic rings. The molecule has 0 aliphatic heterocycles. The molecule has 0 saturated heterocycles. The molecule has 0 radical (unpaired) electrons. The standard InChI is InChI=1S/C12H18ClN3O/c1-8(10-6-4-5-7-11(10)13)16(3)9(2)12(17)15-14/h4-9H,14H2,1-3H3,(H,15,17). The lowest BCUT2D eigenvalue weighted by Crippen LogP contribution is -2.46. The molecular weight excluding hydrogens is 238 g/mol. The summed E-state index contributed by atoms with van der Waals surface area (Å²) >= 11 is 6.13. The van der Waals surface area contributed by atoms with Gasteiger partial charge in [0.25, 0.3) is 5.91 Å². The van der Waals surface area contributed by atoms with E-state index in [2.05, 4.69) is 5.43 Å². The molecule has 0 spiro atoms. The Morgan fingerprint density at radius 2 is 2.00 bits per heavy atom. The fourth-order valence-electron chi connectivity index (χ4n) is 1.67. The number of halogens is 1. The number of hydrazine groups is 1. The van der Waals surface area contributed by atoms with E-state index in [1.54, 1.807) is 6.92 Å². The van der Waals surface area contributed by atoms with Gasteiger partial charge in [0.2, 0.25) is 0 Å². The molecule has 1 aromatic rings. The van der Waals surface area contributed by atoms with Gasteiger partial charge in [0.1, 0.15) is 0 Å². The Kier molecular flexibility index (Phi) is 4.93. The zero-order valence-corrected chi connectivity index (χ0v) is 11.0. The molecule has 1 rings (SSSR count). The van der Waals surface area contributed by atoms with Crippen LogP contribution < -0.4 is 11.3 Å². The summed E-state index contributed by atoms with van der Waals surface area (Å²) in [6.45, 7) is 3.80. The molecule has 2 unspecified atom stereocenters. The van der Waals surface area contributed by atoms with Crippen molar-refractivity contribution >= 4 is 17.5 Å². The summed E-state index contributed by atoms with van der Waals surface area (Å²) in [5, 5.41) is 0.701. The molecule has 0 heterocycles. The molecule has 0 aliphatic carbocycles. The number of hydrogen-bond donors (Lipinski definition) is 2. The van der Waals surface area contributed by atoms with Crippen LogP contribution in [-0.2, 0) is 4.79 Å². The predicted molar refractivity (Wildman–Crippen MR) is 69.4 cm³/mol. The number of carbonyl (C=O) groups excluding carboxylic acids is 1. The number of amides is 1. The maximum absolute atomic E-state index is 11.5. The average molecular weight is 256 g/mol. The Hall–Kier alpha value is -1.10. The average Bonchev–Trinajstić information content (AvgIpc) is 2.35. The van der Waals surface area contributed by atoms with Crippen molar-refractivity contribution in [3.63, 3.8) is 0 Å². The van der Waals surface area contributed by atoms with Gasteiger partial charge in [-0.2, -0.15) is 0 Å². The van der Waals surface area contributed by atoms with Crippen molar-refractivity contribution in [1.82, 2.24) is 10.3 Å². The lowest BCUT2D eigenvalue weighted by atomic mass is 10.1. The van der Waals surface area contributed by atoms with E-state index in [9.17, 15) is 4.79 Å². The molecule has 0 fully saturated rings. The van der Waals surface area contributed by atoms with Gasteiger partial charge in [-0.15, -0.1) is 0 Å². The molecule has 0 saturated carbocycles. The lowest BCUT2D eigenvalue weighted by molar-refractivity contribution is -0.126. The van der Waals surface area contributed by atoms with Crippen LogP contribution in [0.4, 0.5) is 0 Å². The summed E-state index contributed by atoms with van der Waals surface area (Å²) < 4.78 is 0. The Morgan fingerprint density at radius 1 is 1.41 bits per heavy atom. The number of nitrogens with two attached hydrogens (primary N) is 1. The van der Waals surface area contributed by atoms with Crippen LogP contribution in [0.1, 0.15) is 25.5 Å². The summed E-state index contributed by atoms with van der Waals surface area (Å²) in [6.07, 6.45) is 0. The van der Waals surface area contributed by atoms with Crippen LogP contribution in [0.5, 0.6) is 0 Å². The zero-order valence-electron chi connectivity index (χ0n) is 10.3. The Morgan fingerprint density at radius 3 is 2.53 bits per heavy atom. The van der Waals surface area contributed by atoms with E-state index in [1.807, 2.05) is 43.1 Å². The number of rotatable bonds is 4. The second kappa shape index (κ2) is 6.00. The molecular formula is C12H18ClN3O. The normalized spacial score (nSPS) is 14.5. The number of benzene rings is 1. The van der Waals surface area contributed by atoms with Gasteiger partial charge in [-0.1, -0.05) is 29.8 Å². The SMILES string of the molecule is CC(C(=O)NN)N(C)C(C)c1ccccc1Cl. The van der Waals surface area contributed by atoms with Gasteiger partial charge in [0.15, 0.2) is 0 Å². The van der Waals surface area contributed by atoms with Crippen molar-refractivity contribution in [1.29, 1.82) is 0 Å². The van der Waals surface area contributed by atoms with Crippen LogP contribution in [0, 0.1) is 0 Å². The second-order valence-electron chi connectivity index (χ2n) is 4.05. The Labute approximate surface area is 107 Å². The number of carbonyl (C=O) groups is 1. The summed E-state index contributed by atoms with van der Waals surface area (Å²) in [5.74, 6) is 4.91. The van der Waals surface area contributed by atoms with Gasteiger partial charge in [0.05, 0.1) is 6.04 Å². The van der Waals surface area contributed by atoms with Crippen molar-refractivity contribution in [3.8, 4) is 0 Å². The highest BCUT2D eigenvalue weighted by atomic mass is 35.5. The lowest BCUT2D eigenvalue weighted by Gasteiger charge is -2.30. The van der Waals surface area contributed by atoms with Crippen LogP contribution in [0.2, 0.25) is 5.02 Å². The van der Waals surface area contributed by atoms with Crippen LogP contribution in [0.25, 0.3) is 0 Å². The molecule has 94 valence electrons. The third kappa shape index (κ3) is 3.19. The van der Waals surface area contributed by atoms with Crippen LogP contribution >= 0.6 is 11.6 Å². The molecule has 4 nitrogen and oxygen atoms in total. The highest BCUT2D eigenvalue weighted by molar-refractivity contribution is 6.31. The zero-order chi connectivity index (χ0) is 13.0. The minimum Gasteiger partial charge on any atom is -0.293 e. The second-order valence-corrected chi connectivity index (χ2v) is 4.45. The fourth-order valence-corrected chi connectivity index (χ4v) is 1.97. The van der Waals surface area contributed by atoms with Gasteiger partial charge >= 0.3 is 0 Å². The van der Waals surface area contributed by atoms with E-state index in [0.717, 1.165) is 5.56 Å². The van der Waals surface area contributed by atoms with Crippen LogP contribution in [-0.4, -0.2) is 23.9 Å². The maximum Gasteiger partial charge on any atom is 0.250 e. The summed E-state index contributed by atoms with van der Waals surface area (Å²) in [5.41, 5.74) is 3.15. The summed E-state index contributed by atoms with van der Waals surface area (Å²) in [6, 6.07) is 7.33. The minimum absolute atomic E-state index is 0.0380. The van der Waals surface area contributed by atoms with Crippen molar-refractivity contribution in [2.45, 2.75) is 25.9 Å². The van der Waals surface area contributed by atoms with Gasteiger partial charge in [0, 0.05) is 11.1 Å². The first kappa shape index (κ1) is 14.0. The van der Waals surface area contributed by atoms with Crippen molar-refractivity contribution in [3.05, 3.63) is 34.9 Å². The van der Waals surface area contributed by atoms with E-state index in [1.165, 1.54) is 0 Å². The van der Waals surface area contributed by atoms with Crippen LogP contribution in [0.15, 0.2) is 24.3 Å². The van der Waals surface area contributed by atoms with Crippen LogP contribution in [0.3, 0.4) is 0 Å². The third-order valence-corrected chi connectivity index (χ3v) is 3.44. The Bertz CT molecular complexity index is 397. The molecule has 1 aromatic carbocycles. The topological polar surface area (TPSA) is 58.4 Å².